The second-order valence-electron chi connectivity index (χ2n) is 9.12. The molecule has 1 fully saturated rings. The van der Waals surface area contributed by atoms with Crippen LogP contribution in [0.15, 0.2) is 47.0 Å². The molecule has 3 heterocycles. The van der Waals surface area contributed by atoms with Gasteiger partial charge in [0, 0.05) is 43.2 Å². The number of hydrogen-bond donors (Lipinski definition) is 1. The van der Waals surface area contributed by atoms with Crippen molar-refractivity contribution in [2.24, 2.45) is 22.1 Å². The molecule has 8 nitrogen and oxygen atoms in total. The highest BCUT2D eigenvalue weighted by atomic mass is 16.5. The zero-order valence-corrected chi connectivity index (χ0v) is 18.8. The van der Waals surface area contributed by atoms with Crippen LogP contribution >= 0.6 is 0 Å². The molecule has 0 amide bonds. The Morgan fingerprint density at radius 3 is 2.84 bits per heavy atom. The van der Waals surface area contributed by atoms with Crippen LogP contribution in [0.4, 0.5) is 0 Å². The van der Waals surface area contributed by atoms with E-state index in [4.69, 9.17) is 20.2 Å². The van der Waals surface area contributed by atoms with Crippen LogP contribution < -0.4 is 5.73 Å². The molecule has 0 saturated heterocycles. The summed E-state index contributed by atoms with van der Waals surface area (Å²) in [4.78, 5) is 35.7. The molecule has 1 saturated carbocycles. The lowest BCUT2D eigenvalue weighted by Crippen LogP contribution is -2.44. The Balaban J connectivity index is 1.89. The number of nitrogens with two attached hydrogens (primary N) is 1. The Labute approximate surface area is 187 Å². The van der Waals surface area contributed by atoms with Crippen molar-refractivity contribution in [1.29, 1.82) is 0 Å². The summed E-state index contributed by atoms with van der Waals surface area (Å²) in [5.41, 5.74) is 8.76. The lowest BCUT2D eigenvalue weighted by atomic mass is 9.63. The summed E-state index contributed by atoms with van der Waals surface area (Å²) in [6.45, 7) is 7.00. The predicted molar refractivity (Wildman–Crippen MR) is 120 cm³/mol. The van der Waals surface area contributed by atoms with Crippen LogP contribution in [-0.2, 0) is 19.1 Å². The first-order valence-electron chi connectivity index (χ1n) is 11.1. The third kappa shape index (κ3) is 4.25. The van der Waals surface area contributed by atoms with Crippen LogP contribution in [0.2, 0.25) is 0 Å². The van der Waals surface area contributed by atoms with Crippen LogP contribution in [0.1, 0.15) is 45.1 Å². The Morgan fingerprint density at radius 2 is 2.09 bits per heavy atom. The zero-order chi connectivity index (χ0) is 22.9. The summed E-state index contributed by atoms with van der Waals surface area (Å²) < 4.78 is 13.0. The number of esters is 1. The van der Waals surface area contributed by atoms with E-state index in [1.165, 1.54) is 0 Å². The van der Waals surface area contributed by atoms with Gasteiger partial charge < -0.3 is 19.6 Å². The van der Waals surface area contributed by atoms with Gasteiger partial charge in [-0.15, -0.1) is 0 Å². The van der Waals surface area contributed by atoms with E-state index in [0.717, 1.165) is 16.9 Å². The zero-order valence-electron chi connectivity index (χ0n) is 18.8. The van der Waals surface area contributed by atoms with Crippen molar-refractivity contribution >= 4 is 23.1 Å². The topological polar surface area (TPSA) is 108 Å². The highest BCUT2D eigenvalue weighted by molar-refractivity contribution is 6.12. The number of ketones is 1. The molecule has 170 valence electrons. The third-order valence-electron chi connectivity index (χ3n) is 6.02. The molecule has 2 N–H and O–H groups in total. The minimum absolute atomic E-state index is 0.0967. The number of Topliss-reactive ketones (excluding diaryl/α,β-unsaturated/α-hetero) is 1. The first kappa shape index (κ1) is 22.4. The Kier molecular flexibility index (Phi) is 6.26. The van der Waals surface area contributed by atoms with E-state index >= 15 is 0 Å². The molecular formula is C24H30N4O4. The molecule has 0 bridgehead atoms. The fraction of sp³-hybridized carbons (Fsp3) is 0.500. The number of carbonyl (C=O) groups is 2. The van der Waals surface area contributed by atoms with E-state index in [1.807, 2.05) is 28.9 Å². The Morgan fingerprint density at radius 1 is 1.28 bits per heavy atom. The van der Waals surface area contributed by atoms with Crippen molar-refractivity contribution in [2.75, 3.05) is 26.4 Å². The molecule has 2 aromatic rings. The molecule has 2 atom stereocenters. The molecular weight excluding hydrogens is 408 g/mol. The SMILES string of the molecule is CCOC(=O)C1=C(COCCN)N=C2CC(C)(C)CC(=O)C2C1c1ccc2nccn2c1. The molecule has 0 radical (unpaired) electrons. The molecule has 0 spiro atoms. The second kappa shape index (κ2) is 8.96. The average Bonchev–Trinajstić information content (AvgIpc) is 3.20. The van der Waals surface area contributed by atoms with Gasteiger partial charge in [-0.05, 0) is 30.4 Å². The first-order chi connectivity index (χ1) is 15.3. The van der Waals surface area contributed by atoms with Gasteiger partial charge in [-0.2, -0.15) is 0 Å². The van der Waals surface area contributed by atoms with E-state index in [2.05, 4.69) is 18.8 Å². The molecule has 4 rings (SSSR count). The van der Waals surface area contributed by atoms with Crippen molar-refractivity contribution in [3.05, 3.63) is 47.6 Å². The van der Waals surface area contributed by atoms with Gasteiger partial charge in [-0.3, -0.25) is 9.79 Å². The molecule has 8 heteroatoms. The number of hydrogen-bond acceptors (Lipinski definition) is 7. The van der Waals surface area contributed by atoms with Crippen molar-refractivity contribution in [2.45, 2.75) is 39.5 Å². The standard InChI is InChI=1S/C24H30N4O4/c1-4-32-23(30)22-17(14-31-10-7-25)27-16-11-24(2,3)12-18(29)21(16)20(22)15-5-6-19-26-8-9-28(19)13-15/h5-6,8-9,13,20-21H,4,7,10-12,14,25H2,1-3H3. The fourth-order valence-corrected chi connectivity index (χ4v) is 4.79. The number of carbonyl (C=O) groups excluding carboxylic acids is 2. The Bertz CT molecular complexity index is 1100. The quantitative estimate of drug-likeness (QED) is 0.526. The smallest absolute Gasteiger partial charge is 0.336 e. The highest BCUT2D eigenvalue weighted by Crippen LogP contribution is 2.47. The summed E-state index contributed by atoms with van der Waals surface area (Å²) in [6, 6.07) is 3.83. The minimum Gasteiger partial charge on any atom is -0.463 e. The van der Waals surface area contributed by atoms with Gasteiger partial charge in [0.05, 0.1) is 37.0 Å². The third-order valence-corrected chi connectivity index (χ3v) is 6.02. The molecule has 2 aliphatic rings. The maximum absolute atomic E-state index is 13.4. The molecule has 1 aliphatic heterocycles. The van der Waals surface area contributed by atoms with Crippen molar-refractivity contribution < 1.29 is 19.1 Å². The fourth-order valence-electron chi connectivity index (χ4n) is 4.79. The molecule has 32 heavy (non-hydrogen) atoms. The van der Waals surface area contributed by atoms with Crippen molar-refractivity contribution in [3.63, 3.8) is 0 Å². The number of aromatic nitrogens is 2. The molecule has 2 unspecified atom stereocenters. The number of nitrogens with zero attached hydrogens (tertiary/aromatic N) is 3. The number of imidazole rings is 1. The number of aliphatic imine (C=N–C) groups is 1. The van der Waals surface area contributed by atoms with Gasteiger partial charge in [0.1, 0.15) is 11.4 Å². The number of rotatable bonds is 7. The molecule has 0 aromatic carbocycles. The molecule has 1 aliphatic carbocycles. The van der Waals surface area contributed by atoms with E-state index in [-0.39, 0.29) is 24.4 Å². The maximum atomic E-state index is 13.4. The minimum atomic E-state index is -0.498. The van der Waals surface area contributed by atoms with E-state index < -0.39 is 17.8 Å². The second-order valence-corrected chi connectivity index (χ2v) is 9.12. The number of ether oxygens (including phenoxy) is 2. The van der Waals surface area contributed by atoms with Crippen LogP contribution in [-0.4, -0.2) is 53.2 Å². The number of fused-ring (bicyclic) bond motifs is 2. The van der Waals surface area contributed by atoms with E-state index in [1.54, 1.807) is 13.1 Å². The Hall–Kier alpha value is -2.84. The summed E-state index contributed by atoms with van der Waals surface area (Å²) in [5, 5.41) is 0. The van der Waals surface area contributed by atoms with Crippen LogP contribution in [0.3, 0.4) is 0 Å². The lowest BCUT2D eigenvalue weighted by molar-refractivity contribution is -0.139. The van der Waals surface area contributed by atoms with Gasteiger partial charge in [0.2, 0.25) is 0 Å². The highest BCUT2D eigenvalue weighted by Gasteiger charge is 2.48. The summed E-state index contributed by atoms with van der Waals surface area (Å²) in [6.07, 6.45) is 6.62. The van der Waals surface area contributed by atoms with Crippen LogP contribution in [0, 0.1) is 11.3 Å². The van der Waals surface area contributed by atoms with Gasteiger partial charge in [-0.1, -0.05) is 19.9 Å². The number of pyridine rings is 1. The van der Waals surface area contributed by atoms with E-state index in [0.29, 0.717) is 37.3 Å². The van der Waals surface area contributed by atoms with E-state index in [9.17, 15) is 9.59 Å². The van der Waals surface area contributed by atoms with Crippen LogP contribution in [0.25, 0.3) is 5.65 Å². The monoisotopic (exact) mass is 438 g/mol. The normalized spacial score (nSPS) is 22.6. The predicted octanol–water partition coefficient (Wildman–Crippen LogP) is 2.67. The summed E-state index contributed by atoms with van der Waals surface area (Å²) in [7, 11) is 0. The summed E-state index contributed by atoms with van der Waals surface area (Å²) in [5.74, 6) is -1.36. The van der Waals surface area contributed by atoms with Crippen molar-refractivity contribution in [1.82, 2.24) is 9.38 Å². The lowest BCUT2D eigenvalue weighted by Gasteiger charge is -2.41. The molecule has 2 aromatic heterocycles. The van der Waals surface area contributed by atoms with Gasteiger partial charge in [-0.25, -0.2) is 9.78 Å². The maximum Gasteiger partial charge on any atom is 0.336 e. The van der Waals surface area contributed by atoms with Gasteiger partial charge in [0.15, 0.2) is 0 Å². The summed E-state index contributed by atoms with van der Waals surface area (Å²) >= 11 is 0. The average molecular weight is 439 g/mol. The first-order valence-corrected chi connectivity index (χ1v) is 11.1. The largest absolute Gasteiger partial charge is 0.463 e. The van der Waals surface area contributed by atoms with Crippen molar-refractivity contribution in [3.8, 4) is 0 Å². The van der Waals surface area contributed by atoms with Crippen LogP contribution in [0.5, 0.6) is 0 Å². The van der Waals surface area contributed by atoms with Gasteiger partial charge >= 0.3 is 5.97 Å². The van der Waals surface area contributed by atoms with Gasteiger partial charge in [0.25, 0.3) is 0 Å².